The first-order chi connectivity index (χ1) is 18.7. The monoisotopic (exact) mass is 556 g/mol. The molecule has 0 spiro atoms. The molecule has 0 unspecified atom stereocenters. The van der Waals surface area contributed by atoms with E-state index < -0.39 is 18.0 Å². The highest BCUT2D eigenvalue weighted by molar-refractivity contribution is 6.33. The maximum Gasteiger partial charge on any atom is 0.323 e. The average molecular weight is 557 g/mol. The summed E-state index contributed by atoms with van der Waals surface area (Å²) >= 11 is 6.10. The molecule has 10 nitrogen and oxygen atoms in total. The highest BCUT2D eigenvalue weighted by atomic mass is 35.5. The summed E-state index contributed by atoms with van der Waals surface area (Å²) in [5.41, 5.74) is 1.58. The number of urea groups is 1. The van der Waals surface area contributed by atoms with Crippen molar-refractivity contribution in [2.24, 2.45) is 5.92 Å². The molecular weight excluding hydrogens is 524 g/mol. The SMILES string of the molecule is COc1cc(CC(=O)N2CCC[C@H]2C(=O)NC2CCC(C(=O)O)CC2)ccc1NC(=O)Nc1ccccc1Cl. The molecule has 39 heavy (non-hydrogen) atoms. The molecular formula is C28H33ClN4O6. The molecule has 1 heterocycles. The van der Waals surface area contributed by atoms with Crippen LogP contribution in [0.25, 0.3) is 0 Å². The summed E-state index contributed by atoms with van der Waals surface area (Å²) in [6, 6.07) is 10.9. The van der Waals surface area contributed by atoms with Crippen molar-refractivity contribution in [1.82, 2.24) is 10.2 Å². The molecule has 11 heteroatoms. The fourth-order valence-corrected chi connectivity index (χ4v) is 5.37. The Morgan fingerprint density at radius 1 is 1.00 bits per heavy atom. The van der Waals surface area contributed by atoms with E-state index in [2.05, 4.69) is 16.0 Å². The number of methoxy groups -OCH3 is 1. The van der Waals surface area contributed by atoms with Gasteiger partial charge in [0.05, 0.1) is 35.8 Å². The van der Waals surface area contributed by atoms with Crippen molar-refractivity contribution in [3.8, 4) is 5.75 Å². The average Bonchev–Trinajstić information content (AvgIpc) is 3.42. The third kappa shape index (κ3) is 7.20. The van der Waals surface area contributed by atoms with E-state index in [1.165, 1.54) is 7.11 Å². The second-order valence-electron chi connectivity index (χ2n) is 9.91. The van der Waals surface area contributed by atoms with Crippen molar-refractivity contribution >= 4 is 46.8 Å². The van der Waals surface area contributed by atoms with Crippen LogP contribution in [0.3, 0.4) is 0 Å². The Labute approximate surface area is 232 Å². The predicted octanol–water partition coefficient (Wildman–Crippen LogP) is 4.29. The van der Waals surface area contributed by atoms with Crippen LogP contribution in [-0.2, 0) is 20.8 Å². The molecule has 0 aromatic heterocycles. The summed E-state index contributed by atoms with van der Waals surface area (Å²) in [7, 11) is 1.48. The summed E-state index contributed by atoms with van der Waals surface area (Å²) in [4.78, 5) is 51.5. The number of nitrogens with one attached hydrogen (secondary N) is 3. The number of halogens is 1. The summed E-state index contributed by atoms with van der Waals surface area (Å²) < 4.78 is 5.44. The van der Waals surface area contributed by atoms with E-state index in [1.807, 2.05) is 0 Å². The van der Waals surface area contributed by atoms with E-state index >= 15 is 0 Å². The van der Waals surface area contributed by atoms with Gasteiger partial charge in [-0.2, -0.15) is 0 Å². The van der Waals surface area contributed by atoms with Crippen LogP contribution in [-0.4, -0.2) is 59.6 Å². The van der Waals surface area contributed by atoms with Crippen molar-refractivity contribution in [3.63, 3.8) is 0 Å². The van der Waals surface area contributed by atoms with Gasteiger partial charge in [-0.15, -0.1) is 0 Å². The lowest BCUT2D eigenvalue weighted by Gasteiger charge is -2.30. The van der Waals surface area contributed by atoms with Crippen LogP contribution in [0.1, 0.15) is 44.1 Å². The molecule has 1 aliphatic carbocycles. The molecule has 2 aromatic rings. The summed E-state index contributed by atoms with van der Waals surface area (Å²) in [5, 5.41) is 18.0. The quantitative estimate of drug-likeness (QED) is 0.383. The van der Waals surface area contributed by atoms with Gasteiger partial charge in [-0.05, 0) is 68.4 Å². The summed E-state index contributed by atoms with van der Waals surface area (Å²) in [6.07, 6.45) is 3.75. The normalized spacial score (nSPS) is 20.7. The molecule has 208 valence electrons. The number of benzene rings is 2. The lowest BCUT2D eigenvalue weighted by molar-refractivity contribution is -0.143. The highest BCUT2D eigenvalue weighted by Gasteiger charge is 2.36. The lowest BCUT2D eigenvalue weighted by Crippen LogP contribution is -2.50. The zero-order valence-electron chi connectivity index (χ0n) is 21.7. The van der Waals surface area contributed by atoms with Gasteiger partial charge in [0.2, 0.25) is 11.8 Å². The minimum absolute atomic E-state index is 0.0647. The van der Waals surface area contributed by atoms with Crippen LogP contribution in [0.2, 0.25) is 5.02 Å². The number of likely N-dealkylation sites (tertiary alicyclic amines) is 1. The smallest absolute Gasteiger partial charge is 0.323 e. The Morgan fingerprint density at radius 2 is 1.72 bits per heavy atom. The van der Waals surface area contributed by atoms with Crippen molar-refractivity contribution in [1.29, 1.82) is 0 Å². The van der Waals surface area contributed by atoms with Crippen LogP contribution in [0, 0.1) is 5.92 Å². The van der Waals surface area contributed by atoms with Crippen LogP contribution < -0.4 is 20.7 Å². The van der Waals surface area contributed by atoms with Gasteiger partial charge < -0.3 is 30.7 Å². The molecule has 4 amide bonds. The van der Waals surface area contributed by atoms with Gasteiger partial charge in [0.25, 0.3) is 0 Å². The Hall–Kier alpha value is -3.79. The van der Waals surface area contributed by atoms with Crippen LogP contribution in [0.4, 0.5) is 16.2 Å². The summed E-state index contributed by atoms with van der Waals surface area (Å²) in [5.74, 6) is -1.09. The third-order valence-corrected chi connectivity index (χ3v) is 7.62. The largest absolute Gasteiger partial charge is 0.495 e. The molecule has 1 atom stereocenters. The van der Waals surface area contributed by atoms with Gasteiger partial charge in [0, 0.05) is 12.6 Å². The van der Waals surface area contributed by atoms with Crippen LogP contribution in [0.15, 0.2) is 42.5 Å². The van der Waals surface area contributed by atoms with Gasteiger partial charge in [0.15, 0.2) is 0 Å². The molecule has 2 aromatic carbocycles. The van der Waals surface area contributed by atoms with E-state index in [-0.39, 0.29) is 30.2 Å². The summed E-state index contributed by atoms with van der Waals surface area (Å²) in [6.45, 7) is 0.502. The Morgan fingerprint density at radius 3 is 2.41 bits per heavy atom. The molecule has 2 fully saturated rings. The number of carboxylic acid groups (broad SMARTS) is 1. The van der Waals surface area contributed by atoms with Crippen molar-refractivity contribution in [2.45, 2.75) is 57.0 Å². The standard InChI is InChI=1S/C28H33ClN4O6/c1-39-24-15-17(8-13-22(24)32-28(38)31-21-6-3-2-5-20(21)29)16-25(34)33-14-4-7-23(33)26(35)30-19-11-9-18(10-12-19)27(36)37/h2-3,5-6,8,13,15,18-19,23H,4,7,9-12,14,16H2,1H3,(H,30,35)(H,36,37)(H2,31,32,38)/t18?,19?,23-/m0/s1. The van der Waals surface area contributed by atoms with Gasteiger partial charge in [-0.3, -0.25) is 14.4 Å². The molecule has 0 bridgehead atoms. The Balaban J connectivity index is 1.33. The van der Waals surface area contributed by atoms with Crippen molar-refractivity contribution in [2.75, 3.05) is 24.3 Å². The minimum Gasteiger partial charge on any atom is -0.495 e. The Bertz CT molecular complexity index is 1230. The number of hydrogen-bond acceptors (Lipinski definition) is 5. The number of rotatable bonds is 8. The first kappa shape index (κ1) is 28.2. The zero-order chi connectivity index (χ0) is 27.9. The van der Waals surface area contributed by atoms with Gasteiger partial charge in [0.1, 0.15) is 11.8 Å². The third-order valence-electron chi connectivity index (χ3n) is 7.29. The number of amides is 4. The number of carbonyl (C=O) groups excluding carboxylic acids is 3. The van der Waals surface area contributed by atoms with E-state index in [0.29, 0.717) is 66.4 Å². The molecule has 4 rings (SSSR count). The molecule has 1 aliphatic heterocycles. The topological polar surface area (TPSA) is 137 Å². The fourth-order valence-electron chi connectivity index (χ4n) is 5.18. The van der Waals surface area contributed by atoms with Crippen LogP contribution in [0.5, 0.6) is 5.75 Å². The van der Waals surface area contributed by atoms with Gasteiger partial charge in [-0.25, -0.2) is 4.79 Å². The predicted molar refractivity (Wildman–Crippen MR) is 147 cm³/mol. The maximum atomic E-state index is 13.2. The van der Waals surface area contributed by atoms with Crippen molar-refractivity contribution < 1.29 is 29.0 Å². The van der Waals surface area contributed by atoms with E-state index in [1.54, 1.807) is 47.4 Å². The minimum atomic E-state index is -0.784. The first-order valence-corrected chi connectivity index (χ1v) is 13.4. The first-order valence-electron chi connectivity index (χ1n) is 13.1. The second kappa shape index (κ2) is 12.8. The van der Waals surface area contributed by atoms with E-state index in [9.17, 15) is 24.3 Å². The van der Waals surface area contributed by atoms with Gasteiger partial charge >= 0.3 is 12.0 Å². The zero-order valence-corrected chi connectivity index (χ0v) is 22.5. The molecule has 1 saturated heterocycles. The molecule has 4 N–H and O–H groups in total. The Kier molecular flexibility index (Phi) is 9.29. The fraction of sp³-hybridized carbons (Fsp3) is 0.429. The van der Waals surface area contributed by atoms with E-state index in [0.717, 1.165) is 6.42 Å². The molecule has 1 saturated carbocycles. The van der Waals surface area contributed by atoms with E-state index in [4.69, 9.17) is 16.3 Å². The number of carbonyl (C=O) groups is 4. The lowest BCUT2D eigenvalue weighted by atomic mass is 9.86. The number of anilines is 2. The van der Waals surface area contributed by atoms with Crippen LogP contribution >= 0.6 is 11.6 Å². The van der Waals surface area contributed by atoms with Gasteiger partial charge in [-0.1, -0.05) is 29.8 Å². The number of nitrogens with zero attached hydrogens (tertiary/aromatic N) is 1. The maximum absolute atomic E-state index is 13.2. The number of ether oxygens (including phenoxy) is 1. The number of carboxylic acids is 1. The number of aliphatic carboxylic acids is 1. The molecule has 0 radical (unpaired) electrons. The second-order valence-corrected chi connectivity index (χ2v) is 10.3. The number of hydrogen-bond donors (Lipinski definition) is 4. The van der Waals surface area contributed by atoms with Crippen molar-refractivity contribution in [3.05, 3.63) is 53.1 Å². The highest BCUT2D eigenvalue weighted by Crippen LogP contribution is 2.29. The molecule has 2 aliphatic rings. The number of para-hydroxylation sites is 1.